The molecule has 0 amide bonds. The quantitative estimate of drug-likeness (QED) is 0.474. The van der Waals surface area contributed by atoms with Gasteiger partial charge in [0, 0.05) is 18.7 Å². The summed E-state index contributed by atoms with van der Waals surface area (Å²) in [6.45, 7) is 2.50. The van der Waals surface area contributed by atoms with E-state index in [0.29, 0.717) is 41.0 Å². The molecule has 0 spiro atoms. The van der Waals surface area contributed by atoms with E-state index in [1.54, 1.807) is 18.2 Å². The fraction of sp³-hybridized carbons (Fsp3) is 0.261. The summed E-state index contributed by atoms with van der Waals surface area (Å²) in [5.74, 6) is -1.26. The lowest BCUT2D eigenvalue weighted by Crippen LogP contribution is -2.16. The highest BCUT2D eigenvalue weighted by Crippen LogP contribution is 2.29. The van der Waals surface area contributed by atoms with Gasteiger partial charge in [0.15, 0.2) is 17.3 Å². The van der Waals surface area contributed by atoms with E-state index in [9.17, 15) is 13.2 Å². The fourth-order valence-corrected chi connectivity index (χ4v) is 4.00. The number of hydrogen-bond acceptors (Lipinski definition) is 5. The van der Waals surface area contributed by atoms with Gasteiger partial charge in [-0.1, -0.05) is 24.3 Å². The monoisotopic (exact) mass is 438 g/mol. The second-order valence-corrected chi connectivity index (χ2v) is 7.85. The molecule has 32 heavy (non-hydrogen) atoms. The molecule has 1 aliphatic rings. The van der Waals surface area contributed by atoms with Gasteiger partial charge < -0.3 is 15.2 Å². The molecule has 2 N–H and O–H groups in total. The normalized spacial score (nSPS) is 16.0. The SMILES string of the molecule is Fc1ccccc1CNc1ncc2nc(-c3cccc(F)c3F)n(C[C@H]3CCNC3)c2n1. The lowest BCUT2D eigenvalue weighted by molar-refractivity contribution is 0.486. The molecule has 6 nitrogen and oxygen atoms in total. The van der Waals surface area contributed by atoms with Crippen LogP contribution in [0.4, 0.5) is 19.1 Å². The van der Waals surface area contributed by atoms with Crippen LogP contribution in [0.2, 0.25) is 0 Å². The van der Waals surface area contributed by atoms with E-state index in [-0.39, 0.29) is 17.9 Å². The summed E-state index contributed by atoms with van der Waals surface area (Å²) in [6.07, 6.45) is 2.50. The van der Waals surface area contributed by atoms with E-state index in [4.69, 9.17) is 0 Å². The number of fused-ring (bicyclic) bond motifs is 1. The highest BCUT2D eigenvalue weighted by molar-refractivity contribution is 5.77. The van der Waals surface area contributed by atoms with E-state index >= 15 is 0 Å². The average Bonchev–Trinajstić information content (AvgIpc) is 3.43. The van der Waals surface area contributed by atoms with Crippen LogP contribution in [0, 0.1) is 23.4 Å². The summed E-state index contributed by atoms with van der Waals surface area (Å²) in [5, 5.41) is 6.35. The molecule has 0 unspecified atom stereocenters. The van der Waals surface area contributed by atoms with Gasteiger partial charge in [0.25, 0.3) is 0 Å². The molecule has 4 aromatic rings. The van der Waals surface area contributed by atoms with Crippen molar-refractivity contribution in [1.82, 2.24) is 24.8 Å². The third-order valence-electron chi connectivity index (χ3n) is 5.68. The van der Waals surface area contributed by atoms with Crippen molar-refractivity contribution in [2.24, 2.45) is 5.92 Å². The average molecular weight is 438 g/mol. The summed E-state index contributed by atoms with van der Waals surface area (Å²) >= 11 is 0. The van der Waals surface area contributed by atoms with E-state index in [2.05, 4.69) is 25.6 Å². The van der Waals surface area contributed by atoms with Crippen LogP contribution in [0.5, 0.6) is 0 Å². The Morgan fingerprint density at radius 1 is 1.03 bits per heavy atom. The highest BCUT2D eigenvalue weighted by atomic mass is 19.2. The van der Waals surface area contributed by atoms with Crippen molar-refractivity contribution in [3.63, 3.8) is 0 Å². The zero-order chi connectivity index (χ0) is 22.1. The standard InChI is InChI=1S/C23H21F3N6/c24-17-6-2-1-4-15(17)11-28-23-29-12-19-22(31-23)32(13-14-8-9-27-10-14)21(30-19)16-5-3-7-18(25)20(16)26/h1-7,12,14,27H,8-11,13H2,(H,28,29,31)/t14-/m0/s1. The van der Waals surface area contributed by atoms with Crippen LogP contribution in [0.3, 0.4) is 0 Å². The minimum atomic E-state index is -0.945. The Hall–Kier alpha value is -3.46. The van der Waals surface area contributed by atoms with Gasteiger partial charge in [-0.15, -0.1) is 0 Å². The number of imidazole rings is 1. The molecule has 164 valence electrons. The molecule has 1 aliphatic heterocycles. The molecular formula is C23H21F3N6. The minimum absolute atomic E-state index is 0.0785. The van der Waals surface area contributed by atoms with E-state index in [1.165, 1.54) is 24.4 Å². The maximum Gasteiger partial charge on any atom is 0.225 e. The Morgan fingerprint density at radius 2 is 1.88 bits per heavy atom. The van der Waals surface area contributed by atoms with Crippen molar-refractivity contribution in [1.29, 1.82) is 0 Å². The molecule has 3 heterocycles. The van der Waals surface area contributed by atoms with Crippen LogP contribution in [0.25, 0.3) is 22.6 Å². The molecule has 0 aliphatic carbocycles. The molecule has 1 saturated heterocycles. The van der Waals surface area contributed by atoms with Crippen LogP contribution < -0.4 is 10.6 Å². The predicted molar refractivity (Wildman–Crippen MR) is 115 cm³/mol. The second kappa shape index (κ2) is 8.58. The van der Waals surface area contributed by atoms with E-state index in [0.717, 1.165) is 25.6 Å². The van der Waals surface area contributed by atoms with Gasteiger partial charge in [0.05, 0.1) is 11.8 Å². The first-order chi connectivity index (χ1) is 15.6. The van der Waals surface area contributed by atoms with Gasteiger partial charge in [-0.05, 0) is 43.6 Å². The zero-order valence-corrected chi connectivity index (χ0v) is 17.2. The maximum atomic E-state index is 14.6. The molecule has 2 aromatic carbocycles. The van der Waals surface area contributed by atoms with Gasteiger partial charge in [-0.3, -0.25) is 0 Å². The third kappa shape index (κ3) is 3.91. The Labute approximate surface area is 182 Å². The Bertz CT molecular complexity index is 1270. The molecule has 0 radical (unpaired) electrons. The van der Waals surface area contributed by atoms with Crippen molar-refractivity contribution < 1.29 is 13.2 Å². The van der Waals surface area contributed by atoms with Gasteiger partial charge >= 0.3 is 0 Å². The number of hydrogen-bond donors (Lipinski definition) is 2. The van der Waals surface area contributed by atoms with Crippen molar-refractivity contribution in [3.05, 3.63) is 71.7 Å². The smallest absolute Gasteiger partial charge is 0.225 e. The fourth-order valence-electron chi connectivity index (χ4n) is 4.00. The molecule has 0 bridgehead atoms. The first-order valence-electron chi connectivity index (χ1n) is 10.5. The summed E-state index contributed by atoms with van der Waals surface area (Å²) in [6, 6.07) is 10.5. The second-order valence-electron chi connectivity index (χ2n) is 7.85. The van der Waals surface area contributed by atoms with Crippen LogP contribution in [0.15, 0.2) is 48.7 Å². The number of rotatable bonds is 6. The largest absolute Gasteiger partial charge is 0.350 e. The van der Waals surface area contributed by atoms with Crippen molar-refractivity contribution >= 4 is 17.1 Å². The lowest BCUT2D eigenvalue weighted by atomic mass is 10.1. The van der Waals surface area contributed by atoms with Gasteiger partial charge in [0.2, 0.25) is 5.95 Å². The lowest BCUT2D eigenvalue weighted by Gasteiger charge is -2.14. The summed E-state index contributed by atoms with van der Waals surface area (Å²) in [4.78, 5) is 13.4. The third-order valence-corrected chi connectivity index (χ3v) is 5.68. The Kier molecular flexibility index (Phi) is 5.48. The van der Waals surface area contributed by atoms with Crippen LogP contribution in [-0.2, 0) is 13.1 Å². The van der Waals surface area contributed by atoms with E-state index < -0.39 is 11.6 Å². The molecular weight excluding hydrogens is 417 g/mol. The van der Waals surface area contributed by atoms with Crippen molar-refractivity contribution in [2.45, 2.75) is 19.5 Å². The Morgan fingerprint density at radius 3 is 2.69 bits per heavy atom. The van der Waals surface area contributed by atoms with Gasteiger partial charge in [0.1, 0.15) is 17.2 Å². The van der Waals surface area contributed by atoms with Gasteiger partial charge in [-0.25, -0.2) is 23.1 Å². The van der Waals surface area contributed by atoms with Crippen molar-refractivity contribution in [3.8, 4) is 11.4 Å². The molecule has 2 aromatic heterocycles. The molecule has 1 atom stereocenters. The Balaban J connectivity index is 1.54. The maximum absolute atomic E-state index is 14.6. The summed E-state index contributed by atoms with van der Waals surface area (Å²) in [7, 11) is 0. The zero-order valence-electron chi connectivity index (χ0n) is 17.2. The number of nitrogens with one attached hydrogen (secondary N) is 2. The van der Waals surface area contributed by atoms with Crippen LogP contribution in [-0.4, -0.2) is 32.6 Å². The number of benzene rings is 2. The summed E-state index contributed by atoms with van der Waals surface area (Å²) in [5.41, 5.74) is 1.56. The number of anilines is 1. The number of nitrogens with zero attached hydrogens (tertiary/aromatic N) is 4. The summed E-state index contributed by atoms with van der Waals surface area (Å²) < 4.78 is 44.3. The minimum Gasteiger partial charge on any atom is -0.350 e. The number of aromatic nitrogens is 4. The topological polar surface area (TPSA) is 67.7 Å². The number of halogens is 3. The molecule has 0 saturated carbocycles. The van der Waals surface area contributed by atoms with Crippen LogP contribution >= 0.6 is 0 Å². The van der Waals surface area contributed by atoms with E-state index in [1.807, 2.05) is 4.57 Å². The first-order valence-corrected chi connectivity index (χ1v) is 10.5. The molecule has 5 rings (SSSR count). The molecule has 9 heteroatoms. The first kappa shape index (κ1) is 20.4. The van der Waals surface area contributed by atoms with Crippen LogP contribution in [0.1, 0.15) is 12.0 Å². The predicted octanol–water partition coefficient (Wildman–Crippen LogP) is 4.13. The van der Waals surface area contributed by atoms with Crippen molar-refractivity contribution in [2.75, 3.05) is 18.4 Å². The highest BCUT2D eigenvalue weighted by Gasteiger charge is 2.23. The molecule has 1 fully saturated rings. The van der Waals surface area contributed by atoms with Gasteiger partial charge in [-0.2, -0.15) is 4.98 Å².